The van der Waals surface area contributed by atoms with Crippen molar-refractivity contribution >= 4 is 27.5 Å². The molecule has 2 aromatic carbocycles. The van der Waals surface area contributed by atoms with Crippen molar-refractivity contribution in [3.05, 3.63) is 59.2 Å². The van der Waals surface area contributed by atoms with Gasteiger partial charge in [-0.25, -0.2) is 8.42 Å². The first-order chi connectivity index (χ1) is 17.0. The van der Waals surface area contributed by atoms with E-state index in [2.05, 4.69) is 5.32 Å². The van der Waals surface area contributed by atoms with E-state index in [1.165, 1.54) is 4.90 Å². The summed E-state index contributed by atoms with van der Waals surface area (Å²) in [6.07, 6.45) is 5.10. The standard InChI is InChI=1S/C27H37N3O5S/c1-19-10-8-11-20(2)26(19)30(36(5,33)34)18-25(31)29(17-22-12-9-15-24(16-22)35-4)21(3)27(32)28-23-13-6-7-14-23/h8-12,15-16,21,23H,6-7,13-14,17-18H2,1-5H3,(H,28,32)/t21-/m1/s1. The minimum Gasteiger partial charge on any atom is -0.497 e. The Labute approximate surface area is 214 Å². The zero-order valence-corrected chi connectivity index (χ0v) is 22.6. The number of carbonyl (C=O) groups excluding carboxylic acids is 2. The van der Waals surface area contributed by atoms with Crippen LogP contribution in [0.25, 0.3) is 0 Å². The average Bonchev–Trinajstić information content (AvgIpc) is 3.33. The molecule has 2 amide bonds. The summed E-state index contributed by atoms with van der Waals surface area (Å²) in [4.78, 5) is 28.4. The van der Waals surface area contributed by atoms with Crippen LogP contribution in [0.15, 0.2) is 42.5 Å². The van der Waals surface area contributed by atoms with Crippen molar-refractivity contribution < 1.29 is 22.7 Å². The number of methoxy groups -OCH3 is 1. The third-order valence-electron chi connectivity index (χ3n) is 6.72. The molecule has 9 heteroatoms. The molecule has 0 spiro atoms. The summed E-state index contributed by atoms with van der Waals surface area (Å²) >= 11 is 0. The van der Waals surface area contributed by atoms with Gasteiger partial charge in [-0.1, -0.05) is 43.2 Å². The van der Waals surface area contributed by atoms with Crippen LogP contribution in [-0.2, 0) is 26.2 Å². The lowest BCUT2D eigenvalue weighted by Gasteiger charge is -2.33. The Morgan fingerprint density at radius 1 is 1.08 bits per heavy atom. The second-order valence-corrected chi connectivity index (χ2v) is 11.5. The number of hydrogen-bond acceptors (Lipinski definition) is 5. The number of aryl methyl sites for hydroxylation is 2. The van der Waals surface area contributed by atoms with Crippen LogP contribution in [0.5, 0.6) is 5.75 Å². The zero-order valence-electron chi connectivity index (χ0n) is 21.8. The highest BCUT2D eigenvalue weighted by Gasteiger charge is 2.32. The summed E-state index contributed by atoms with van der Waals surface area (Å²) in [6, 6.07) is 12.1. The molecule has 0 unspecified atom stereocenters. The first-order valence-corrected chi connectivity index (χ1v) is 14.1. The number of amides is 2. The second-order valence-electron chi connectivity index (χ2n) is 9.55. The molecule has 196 valence electrons. The molecule has 0 aliphatic heterocycles. The lowest BCUT2D eigenvalue weighted by molar-refractivity contribution is -0.139. The fourth-order valence-corrected chi connectivity index (χ4v) is 5.68. The van der Waals surface area contributed by atoms with Crippen LogP contribution in [0.1, 0.15) is 49.3 Å². The van der Waals surface area contributed by atoms with Crippen molar-refractivity contribution in [1.82, 2.24) is 10.2 Å². The summed E-state index contributed by atoms with van der Waals surface area (Å²) in [5.74, 6) is -0.0626. The Balaban J connectivity index is 1.93. The van der Waals surface area contributed by atoms with Crippen LogP contribution >= 0.6 is 0 Å². The Hall–Kier alpha value is -3.07. The number of benzene rings is 2. The largest absolute Gasteiger partial charge is 0.497 e. The second kappa shape index (κ2) is 11.8. The quantitative estimate of drug-likeness (QED) is 0.522. The normalized spacial score (nSPS) is 14.8. The maximum Gasteiger partial charge on any atom is 0.244 e. The van der Waals surface area contributed by atoms with E-state index in [-0.39, 0.29) is 18.5 Å². The summed E-state index contributed by atoms with van der Waals surface area (Å²) in [6.45, 7) is 5.05. The number of anilines is 1. The number of nitrogens with one attached hydrogen (secondary N) is 1. The monoisotopic (exact) mass is 515 g/mol. The van der Waals surface area contributed by atoms with Gasteiger partial charge in [-0.3, -0.25) is 13.9 Å². The first kappa shape index (κ1) is 27.5. The van der Waals surface area contributed by atoms with Gasteiger partial charge in [-0.2, -0.15) is 0 Å². The SMILES string of the molecule is COc1cccc(CN(C(=O)CN(c2c(C)cccc2C)S(C)(=O)=O)[C@H](C)C(=O)NC2CCCC2)c1. The van der Waals surface area contributed by atoms with E-state index >= 15 is 0 Å². The van der Waals surface area contributed by atoms with Crippen molar-refractivity contribution in [2.24, 2.45) is 0 Å². The Kier molecular flexibility index (Phi) is 9.00. The fourth-order valence-electron chi connectivity index (χ4n) is 4.72. The molecule has 0 saturated heterocycles. The number of sulfonamides is 1. The van der Waals surface area contributed by atoms with Gasteiger partial charge < -0.3 is 15.0 Å². The van der Waals surface area contributed by atoms with Gasteiger partial charge >= 0.3 is 0 Å². The molecule has 1 fully saturated rings. The Bertz CT molecular complexity index is 1170. The predicted molar refractivity (Wildman–Crippen MR) is 142 cm³/mol. The summed E-state index contributed by atoms with van der Waals surface area (Å²) in [5.41, 5.74) is 2.76. The van der Waals surface area contributed by atoms with Gasteiger partial charge in [0, 0.05) is 12.6 Å². The van der Waals surface area contributed by atoms with E-state index in [0.717, 1.165) is 52.9 Å². The highest BCUT2D eigenvalue weighted by molar-refractivity contribution is 7.92. The number of nitrogens with zero attached hydrogens (tertiary/aromatic N) is 2. The van der Waals surface area contributed by atoms with Crippen LogP contribution < -0.4 is 14.4 Å². The topological polar surface area (TPSA) is 96.0 Å². The third kappa shape index (κ3) is 6.78. The molecule has 3 rings (SSSR count). The van der Waals surface area contributed by atoms with E-state index < -0.39 is 28.5 Å². The fraction of sp³-hybridized carbons (Fsp3) is 0.481. The number of carbonyl (C=O) groups is 2. The number of rotatable bonds is 10. The van der Waals surface area contributed by atoms with Gasteiger partial charge in [0.2, 0.25) is 21.8 Å². The van der Waals surface area contributed by atoms with Gasteiger partial charge in [-0.15, -0.1) is 0 Å². The molecule has 0 bridgehead atoms. The molecule has 0 radical (unpaired) electrons. The Morgan fingerprint density at radius 2 is 1.69 bits per heavy atom. The van der Waals surface area contributed by atoms with E-state index in [1.807, 2.05) is 50.2 Å². The van der Waals surface area contributed by atoms with Crippen molar-refractivity contribution in [2.75, 3.05) is 24.2 Å². The molecule has 1 aliphatic carbocycles. The lowest BCUT2D eigenvalue weighted by Crippen LogP contribution is -2.52. The van der Waals surface area contributed by atoms with Crippen LogP contribution in [0, 0.1) is 13.8 Å². The summed E-state index contributed by atoms with van der Waals surface area (Å²) in [5, 5.41) is 3.07. The molecule has 1 N–H and O–H groups in total. The van der Waals surface area contributed by atoms with Gasteiger partial charge in [0.25, 0.3) is 0 Å². The van der Waals surface area contributed by atoms with Crippen LogP contribution in [0.2, 0.25) is 0 Å². The average molecular weight is 516 g/mol. The molecular formula is C27H37N3O5S. The molecule has 1 atom stereocenters. The van der Waals surface area contributed by atoms with Gasteiger partial charge in [-0.05, 0) is 62.4 Å². The number of para-hydroxylation sites is 1. The summed E-state index contributed by atoms with van der Waals surface area (Å²) in [7, 11) is -2.21. The molecule has 8 nitrogen and oxygen atoms in total. The van der Waals surface area contributed by atoms with E-state index in [9.17, 15) is 18.0 Å². The Morgan fingerprint density at radius 3 is 2.28 bits per heavy atom. The highest BCUT2D eigenvalue weighted by atomic mass is 32.2. The predicted octanol–water partition coefficient (Wildman–Crippen LogP) is 3.55. The number of ether oxygens (including phenoxy) is 1. The van der Waals surface area contributed by atoms with Gasteiger partial charge in [0.15, 0.2) is 0 Å². The molecular weight excluding hydrogens is 478 g/mol. The minimum atomic E-state index is -3.77. The first-order valence-electron chi connectivity index (χ1n) is 12.3. The molecule has 2 aromatic rings. The molecule has 36 heavy (non-hydrogen) atoms. The van der Waals surface area contributed by atoms with Crippen molar-refractivity contribution in [3.63, 3.8) is 0 Å². The van der Waals surface area contributed by atoms with Gasteiger partial charge in [0.05, 0.1) is 19.1 Å². The molecule has 0 heterocycles. The third-order valence-corrected chi connectivity index (χ3v) is 7.84. The molecule has 1 aliphatic rings. The lowest BCUT2D eigenvalue weighted by atomic mass is 10.1. The zero-order chi connectivity index (χ0) is 26.5. The molecule has 0 aromatic heterocycles. The van der Waals surface area contributed by atoms with Gasteiger partial charge in [0.1, 0.15) is 18.3 Å². The van der Waals surface area contributed by atoms with Crippen molar-refractivity contribution in [3.8, 4) is 5.75 Å². The highest BCUT2D eigenvalue weighted by Crippen LogP contribution is 2.27. The van der Waals surface area contributed by atoms with Crippen LogP contribution in [0.3, 0.4) is 0 Å². The summed E-state index contributed by atoms with van der Waals surface area (Å²) < 4.78 is 32.1. The van der Waals surface area contributed by atoms with E-state index in [1.54, 1.807) is 20.1 Å². The van der Waals surface area contributed by atoms with Crippen LogP contribution in [0.4, 0.5) is 5.69 Å². The van der Waals surface area contributed by atoms with Crippen molar-refractivity contribution in [2.45, 2.75) is 65.1 Å². The van der Waals surface area contributed by atoms with E-state index in [0.29, 0.717) is 11.4 Å². The van der Waals surface area contributed by atoms with Crippen molar-refractivity contribution in [1.29, 1.82) is 0 Å². The van der Waals surface area contributed by atoms with E-state index in [4.69, 9.17) is 4.74 Å². The molecule has 1 saturated carbocycles. The maximum atomic E-state index is 13.7. The minimum absolute atomic E-state index is 0.107. The van der Waals surface area contributed by atoms with Crippen LogP contribution in [-0.4, -0.2) is 57.1 Å². The maximum absolute atomic E-state index is 13.7. The smallest absolute Gasteiger partial charge is 0.244 e. The number of hydrogen-bond donors (Lipinski definition) is 1.